The first-order valence-electron chi connectivity index (χ1n) is 8.57. The number of aromatic nitrogens is 4. The second kappa shape index (κ2) is 7.99. The average molecular weight is 512 g/mol. The van der Waals surface area contributed by atoms with E-state index in [0.29, 0.717) is 47.4 Å². The van der Waals surface area contributed by atoms with E-state index in [1.54, 1.807) is 0 Å². The number of nitrogens with two attached hydrogens (primary N) is 1. The number of fused-ring (bicyclic) bond motifs is 2. The van der Waals surface area contributed by atoms with Gasteiger partial charge in [0.25, 0.3) is 0 Å². The summed E-state index contributed by atoms with van der Waals surface area (Å²) in [6.07, 6.45) is 1.72. The number of imidazole rings is 1. The summed E-state index contributed by atoms with van der Waals surface area (Å²) in [7, 11) is 0. The van der Waals surface area contributed by atoms with Crippen molar-refractivity contribution in [2.75, 3.05) is 19.1 Å². The molecule has 0 saturated heterocycles. The van der Waals surface area contributed by atoms with Crippen LogP contribution in [0, 0.1) is 3.57 Å². The molecule has 28 heavy (non-hydrogen) atoms. The molecule has 1 aliphatic heterocycles. The molecule has 1 aliphatic rings. The van der Waals surface area contributed by atoms with Crippen LogP contribution in [0.25, 0.3) is 11.2 Å². The van der Waals surface area contributed by atoms with Crippen molar-refractivity contribution in [3.63, 3.8) is 0 Å². The van der Waals surface area contributed by atoms with E-state index < -0.39 is 0 Å². The van der Waals surface area contributed by atoms with Crippen molar-refractivity contribution in [3.05, 3.63) is 22.0 Å². The van der Waals surface area contributed by atoms with Crippen molar-refractivity contribution < 1.29 is 14.3 Å². The van der Waals surface area contributed by atoms with Gasteiger partial charge < -0.3 is 25.1 Å². The van der Waals surface area contributed by atoms with Crippen LogP contribution >= 0.6 is 34.4 Å². The topological polar surface area (TPSA) is 117 Å². The van der Waals surface area contributed by atoms with Gasteiger partial charge in [-0.05, 0) is 41.6 Å². The zero-order valence-corrected chi connectivity index (χ0v) is 17.9. The second-order valence-electron chi connectivity index (χ2n) is 5.92. The molecular formula is C17H17IN6O3S. The molecule has 0 bridgehead atoms. The van der Waals surface area contributed by atoms with Gasteiger partial charge in [0.2, 0.25) is 12.7 Å². The Hall–Kier alpha value is -2.28. The monoisotopic (exact) mass is 512 g/mol. The molecule has 3 heterocycles. The Labute approximate surface area is 178 Å². The number of benzene rings is 1. The quantitative estimate of drug-likeness (QED) is 0.484. The zero-order chi connectivity index (χ0) is 19.7. The Balaban J connectivity index is 1.71. The molecule has 0 radical (unpaired) electrons. The molecule has 2 aromatic heterocycles. The highest BCUT2D eigenvalue weighted by molar-refractivity contribution is 14.1. The maximum Gasteiger partial charge on any atom is 0.231 e. The SMILES string of the molecule is CCNC(=O)CCn1c(Sc2cc3c(cc2I)OCO3)nc2c(N)ncnc21. The van der Waals surface area contributed by atoms with Gasteiger partial charge in [0.15, 0.2) is 33.6 Å². The van der Waals surface area contributed by atoms with E-state index in [-0.39, 0.29) is 12.7 Å². The molecule has 1 aromatic carbocycles. The summed E-state index contributed by atoms with van der Waals surface area (Å²) in [4.78, 5) is 25.9. The van der Waals surface area contributed by atoms with Crippen molar-refractivity contribution in [2.24, 2.45) is 0 Å². The first-order chi connectivity index (χ1) is 13.6. The van der Waals surface area contributed by atoms with Gasteiger partial charge in [0.05, 0.1) is 0 Å². The highest BCUT2D eigenvalue weighted by Gasteiger charge is 2.21. The summed E-state index contributed by atoms with van der Waals surface area (Å²) < 4.78 is 13.8. The van der Waals surface area contributed by atoms with E-state index in [9.17, 15) is 4.79 Å². The van der Waals surface area contributed by atoms with E-state index in [1.165, 1.54) is 18.1 Å². The summed E-state index contributed by atoms with van der Waals surface area (Å²) in [6, 6.07) is 3.86. The van der Waals surface area contributed by atoms with Gasteiger partial charge >= 0.3 is 0 Å². The highest BCUT2D eigenvalue weighted by atomic mass is 127. The first kappa shape index (κ1) is 19.1. The first-order valence-corrected chi connectivity index (χ1v) is 10.5. The fourth-order valence-corrected chi connectivity index (χ4v) is 4.50. The van der Waals surface area contributed by atoms with Crippen LogP contribution in [-0.4, -0.2) is 38.8 Å². The van der Waals surface area contributed by atoms with Crippen LogP contribution in [0.2, 0.25) is 0 Å². The van der Waals surface area contributed by atoms with E-state index in [0.717, 1.165) is 14.2 Å². The standard InChI is InChI=1S/C17H17IN6O3S/c1-2-20-13(25)3-4-24-16-14(15(19)21-7-22-16)23-17(24)28-12-6-11-10(5-9(12)18)26-8-27-11/h5-7H,2-4,8H2,1H3,(H,20,25)(H2,19,21,22). The summed E-state index contributed by atoms with van der Waals surface area (Å²) in [6.45, 7) is 3.13. The number of carbonyl (C=O) groups is 1. The van der Waals surface area contributed by atoms with Gasteiger partial charge in [-0.3, -0.25) is 4.79 Å². The number of hydrogen-bond donors (Lipinski definition) is 2. The summed E-state index contributed by atoms with van der Waals surface area (Å²) in [5.74, 6) is 1.71. The van der Waals surface area contributed by atoms with Gasteiger partial charge in [-0.15, -0.1) is 0 Å². The summed E-state index contributed by atoms with van der Waals surface area (Å²) in [5.41, 5.74) is 7.12. The number of rotatable bonds is 6. The Morgan fingerprint density at radius 2 is 2.14 bits per heavy atom. The highest BCUT2D eigenvalue weighted by Crippen LogP contribution is 2.41. The third-order valence-corrected chi connectivity index (χ3v) is 6.40. The predicted molar refractivity (Wildman–Crippen MR) is 112 cm³/mol. The minimum atomic E-state index is -0.0278. The zero-order valence-electron chi connectivity index (χ0n) is 14.9. The molecule has 0 saturated carbocycles. The van der Waals surface area contributed by atoms with Gasteiger partial charge in [-0.25, -0.2) is 15.0 Å². The number of ether oxygens (including phenoxy) is 2. The second-order valence-corrected chi connectivity index (χ2v) is 8.09. The van der Waals surface area contributed by atoms with Crippen molar-refractivity contribution in [3.8, 4) is 11.5 Å². The van der Waals surface area contributed by atoms with E-state index in [2.05, 4.69) is 42.9 Å². The maximum absolute atomic E-state index is 12.0. The lowest BCUT2D eigenvalue weighted by atomic mass is 10.3. The maximum atomic E-state index is 12.0. The van der Waals surface area contributed by atoms with Crippen LogP contribution in [0.15, 0.2) is 28.5 Å². The molecular weight excluding hydrogens is 495 g/mol. The number of halogens is 1. The number of nitrogens with zero attached hydrogens (tertiary/aromatic N) is 4. The van der Waals surface area contributed by atoms with Crippen LogP contribution in [-0.2, 0) is 11.3 Å². The molecule has 11 heteroatoms. The lowest BCUT2D eigenvalue weighted by molar-refractivity contribution is -0.121. The van der Waals surface area contributed by atoms with Gasteiger partial charge in [0, 0.05) is 28.0 Å². The third kappa shape index (κ3) is 3.68. The minimum absolute atomic E-state index is 0.0278. The molecule has 0 fully saturated rings. The fraction of sp³-hybridized carbons (Fsp3) is 0.294. The van der Waals surface area contributed by atoms with Crippen molar-refractivity contribution >= 4 is 57.2 Å². The smallest absolute Gasteiger partial charge is 0.231 e. The number of nitrogen functional groups attached to an aromatic ring is 1. The van der Waals surface area contributed by atoms with Crippen LogP contribution < -0.4 is 20.5 Å². The molecule has 9 nitrogen and oxygen atoms in total. The van der Waals surface area contributed by atoms with Crippen LogP contribution in [0.5, 0.6) is 11.5 Å². The Bertz CT molecular complexity index is 1060. The summed E-state index contributed by atoms with van der Waals surface area (Å²) in [5, 5.41) is 3.49. The lowest BCUT2D eigenvalue weighted by Crippen LogP contribution is -2.23. The lowest BCUT2D eigenvalue weighted by Gasteiger charge is -2.10. The van der Waals surface area contributed by atoms with Gasteiger partial charge in [-0.2, -0.15) is 0 Å². The molecule has 146 valence electrons. The van der Waals surface area contributed by atoms with Crippen LogP contribution in [0.3, 0.4) is 0 Å². The molecule has 0 aliphatic carbocycles. The Morgan fingerprint density at radius 3 is 2.93 bits per heavy atom. The third-order valence-electron chi connectivity index (χ3n) is 4.09. The Kier molecular flexibility index (Phi) is 5.44. The average Bonchev–Trinajstić information content (AvgIpc) is 3.25. The molecule has 0 atom stereocenters. The number of nitrogens with one attached hydrogen (secondary N) is 1. The van der Waals surface area contributed by atoms with E-state index in [4.69, 9.17) is 15.2 Å². The number of carbonyl (C=O) groups excluding carboxylic acids is 1. The fourth-order valence-electron chi connectivity index (χ4n) is 2.79. The molecule has 0 unspecified atom stereocenters. The van der Waals surface area contributed by atoms with Gasteiger partial charge in [-0.1, -0.05) is 11.8 Å². The minimum Gasteiger partial charge on any atom is -0.454 e. The molecule has 4 rings (SSSR count). The number of amides is 1. The van der Waals surface area contributed by atoms with Crippen molar-refractivity contribution in [1.82, 2.24) is 24.8 Å². The van der Waals surface area contributed by atoms with Gasteiger partial charge in [0.1, 0.15) is 6.33 Å². The molecule has 1 amide bonds. The molecule has 3 aromatic rings. The number of aryl methyl sites for hydroxylation is 1. The molecule has 3 N–H and O–H groups in total. The Morgan fingerprint density at radius 1 is 1.36 bits per heavy atom. The molecule has 0 spiro atoms. The van der Waals surface area contributed by atoms with Crippen molar-refractivity contribution in [2.45, 2.75) is 29.9 Å². The predicted octanol–water partition coefficient (Wildman–Crippen LogP) is 2.42. The largest absolute Gasteiger partial charge is 0.454 e. The van der Waals surface area contributed by atoms with Crippen LogP contribution in [0.4, 0.5) is 5.82 Å². The number of anilines is 1. The normalized spacial score (nSPS) is 12.5. The van der Waals surface area contributed by atoms with Crippen LogP contribution in [0.1, 0.15) is 13.3 Å². The van der Waals surface area contributed by atoms with E-state index >= 15 is 0 Å². The number of hydrogen-bond acceptors (Lipinski definition) is 8. The van der Waals surface area contributed by atoms with E-state index in [1.807, 2.05) is 23.6 Å². The van der Waals surface area contributed by atoms with Crippen molar-refractivity contribution in [1.29, 1.82) is 0 Å². The summed E-state index contributed by atoms with van der Waals surface area (Å²) >= 11 is 3.71.